The van der Waals surface area contributed by atoms with E-state index in [9.17, 15) is 5.11 Å². The molecule has 0 aliphatic carbocycles. The Kier molecular flexibility index (Phi) is 4.15. The van der Waals surface area contributed by atoms with Crippen molar-refractivity contribution in [3.63, 3.8) is 0 Å². The number of aliphatic hydroxyl groups is 1. The Morgan fingerprint density at radius 2 is 2.00 bits per heavy atom. The molecule has 0 amide bonds. The summed E-state index contributed by atoms with van der Waals surface area (Å²) in [6, 6.07) is 6.72. The van der Waals surface area contributed by atoms with E-state index in [1.54, 1.807) is 0 Å². The highest BCUT2D eigenvalue weighted by molar-refractivity contribution is 5.55. The van der Waals surface area contributed by atoms with E-state index in [1.807, 2.05) is 0 Å². The molecule has 2 nitrogen and oxygen atoms in total. The van der Waals surface area contributed by atoms with Crippen LogP contribution in [0.3, 0.4) is 0 Å². The zero-order chi connectivity index (χ0) is 11.4. The Balaban J connectivity index is 3.11. The van der Waals surface area contributed by atoms with E-state index < -0.39 is 0 Å². The van der Waals surface area contributed by atoms with Gasteiger partial charge in [-0.1, -0.05) is 17.7 Å². The van der Waals surface area contributed by atoms with Gasteiger partial charge in [0.05, 0.1) is 6.61 Å². The van der Waals surface area contributed by atoms with Crippen LogP contribution in [0.15, 0.2) is 18.2 Å². The molecule has 0 bridgehead atoms. The Labute approximate surface area is 92.5 Å². The third-order valence-electron chi connectivity index (χ3n) is 2.68. The molecule has 0 aliphatic heterocycles. The van der Waals surface area contributed by atoms with Crippen molar-refractivity contribution in [2.24, 2.45) is 0 Å². The van der Waals surface area contributed by atoms with Crippen molar-refractivity contribution in [2.75, 3.05) is 11.4 Å². The standard InChI is InChI=1S/C13H21NO/c1-5-14(10(2)3)13-7-6-11(4)8-12(13)9-15/h6-8,10,15H,5,9H2,1-4H3. The van der Waals surface area contributed by atoms with Crippen LogP contribution in [0.4, 0.5) is 5.69 Å². The molecule has 0 saturated heterocycles. The Morgan fingerprint density at radius 1 is 1.33 bits per heavy atom. The maximum absolute atomic E-state index is 9.34. The molecule has 1 rings (SSSR count). The maximum Gasteiger partial charge on any atom is 0.0702 e. The summed E-state index contributed by atoms with van der Waals surface area (Å²) < 4.78 is 0. The highest BCUT2D eigenvalue weighted by Gasteiger charge is 2.11. The van der Waals surface area contributed by atoms with E-state index in [0.717, 1.165) is 17.8 Å². The molecular weight excluding hydrogens is 186 g/mol. The summed E-state index contributed by atoms with van der Waals surface area (Å²) in [6.45, 7) is 9.61. The average molecular weight is 207 g/mol. The van der Waals surface area contributed by atoms with Crippen LogP contribution < -0.4 is 4.90 Å². The molecule has 1 aromatic carbocycles. The molecule has 1 N–H and O–H groups in total. The van der Waals surface area contributed by atoms with Crippen LogP contribution in [-0.4, -0.2) is 17.7 Å². The first-order chi connectivity index (χ1) is 7.10. The summed E-state index contributed by atoms with van der Waals surface area (Å²) >= 11 is 0. The molecule has 0 aliphatic rings. The van der Waals surface area contributed by atoms with E-state index in [-0.39, 0.29) is 6.61 Å². The fourth-order valence-corrected chi connectivity index (χ4v) is 1.93. The second-order valence-corrected chi connectivity index (χ2v) is 4.17. The van der Waals surface area contributed by atoms with Gasteiger partial charge in [-0.05, 0) is 33.8 Å². The maximum atomic E-state index is 9.34. The second-order valence-electron chi connectivity index (χ2n) is 4.17. The Morgan fingerprint density at radius 3 is 2.47 bits per heavy atom. The molecule has 0 fully saturated rings. The van der Waals surface area contributed by atoms with E-state index in [2.05, 4.69) is 50.8 Å². The molecular formula is C13H21NO. The van der Waals surface area contributed by atoms with Crippen molar-refractivity contribution in [1.82, 2.24) is 0 Å². The first-order valence-corrected chi connectivity index (χ1v) is 5.57. The van der Waals surface area contributed by atoms with Crippen LogP contribution in [0.25, 0.3) is 0 Å². The highest BCUT2D eigenvalue weighted by atomic mass is 16.3. The number of aryl methyl sites for hydroxylation is 1. The predicted octanol–water partition coefficient (Wildman–Crippen LogP) is 2.72. The van der Waals surface area contributed by atoms with Crippen molar-refractivity contribution >= 4 is 5.69 Å². The monoisotopic (exact) mass is 207 g/mol. The summed E-state index contributed by atoms with van der Waals surface area (Å²) in [5, 5.41) is 9.34. The zero-order valence-electron chi connectivity index (χ0n) is 10.1. The van der Waals surface area contributed by atoms with Crippen LogP contribution in [0.1, 0.15) is 31.9 Å². The van der Waals surface area contributed by atoms with Gasteiger partial charge < -0.3 is 10.0 Å². The van der Waals surface area contributed by atoms with Crippen molar-refractivity contribution in [1.29, 1.82) is 0 Å². The normalized spacial score (nSPS) is 10.8. The minimum Gasteiger partial charge on any atom is -0.392 e. The number of hydrogen-bond donors (Lipinski definition) is 1. The van der Waals surface area contributed by atoms with Gasteiger partial charge in [0.2, 0.25) is 0 Å². The van der Waals surface area contributed by atoms with Gasteiger partial charge in [0.25, 0.3) is 0 Å². The summed E-state index contributed by atoms with van der Waals surface area (Å²) in [5.74, 6) is 0. The SMILES string of the molecule is CCN(c1ccc(C)cc1CO)C(C)C. The number of benzene rings is 1. The molecule has 0 radical (unpaired) electrons. The lowest BCUT2D eigenvalue weighted by Gasteiger charge is -2.29. The molecule has 0 saturated carbocycles. The lowest BCUT2D eigenvalue weighted by atomic mass is 10.1. The topological polar surface area (TPSA) is 23.5 Å². The van der Waals surface area contributed by atoms with Crippen molar-refractivity contribution in [3.8, 4) is 0 Å². The van der Waals surface area contributed by atoms with Gasteiger partial charge in [-0.25, -0.2) is 0 Å². The number of aliphatic hydroxyl groups excluding tert-OH is 1. The summed E-state index contributed by atoms with van der Waals surface area (Å²) in [7, 11) is 0. The Hall–Kier alpha value is -1.02. The number of nitrogens with zero attached hydrogens (tertiary/aromatic N) is 1. The third kappa shape index (κ3) is 2.72. The summed E-state index contributed by atoms with van der Waals surface area (Å²) in [5.41, 5.74) is 3.37. The molecule has 1 aromatic rings. The van der Waals surface area contributed by atoms with Gasteiger partial charge in [0, 0.05) is 23.8 Å². The largest absolute Gasteiger partial charge is 0.392 e. The van der Waals surface area contributed by atoms with Gasteiger partial charge in [-0.15, -0.1) is 0 Å². The van der Waals surface area contributed by atoms with Crippen molar-refractivity contribution in [3.05, 3.63) is 29.3 Å². The van der Waals surface area contributed by atoms with Crippen molar-refractivity contribution in [2.45, 2.75) is 40.3 Å². The average Bonchev–Trinajstić information content (AvgIpc) is 2.20. The molecule has 84 valence electrons. The van der Waals surface area contributed by atoms with Gasteiger partial charge in [-0.2, -0.15) is 0 Å². The van der Waals surface area contributed by atoms with Crippen LogP contribution in [0.5, 0.6) is 0 Å². The highest BCUT2D eigenvalue weighted by Crippen LogP contribution is 2.23. The summed E-state index contributed by atoms with van der Waals surface area (Å²) in [6.07, 6.45) is 0. The van der Waals surface area contributed by atoms with Crippen LogP contribution in [0.2, 0.25) is 0 Å². The minimum atomic E-state index is 0.111. The van der Waals surface area contributed by atoms with Crippen LogP contribution in [0, 0.1) is 6.92 Å². The van der Waals surface area contributed by atoms with E-state index >= 15 is 0 Å². The van der Waals surface area contributed by atoms with Gasteiger partial charge in [-0.3, -0.25) is 0 Å². The van der Waals surface area contributed by atoms with Crippen LogP contribution >= 0.6 is 0 Å². The molecule has 0 unspecified atom stereocenters. The predicted molar refractivity (Wildman–Crippen MR) is 65.3 cm³/mol. The molecule has 0 spiro atoms. The number of rotatable bonds is 4. The van der Waals surface area contributed by atoms with E-state index in [0.29, 0.717) is 6.04 Å². The van der Waals surface area contributed by atoms with Gasteiger partial charge in [0.15, 0.2) is 0 Å². The third-order valence-corrected chi connectivity index (χ3v) is 2.68. The molecule has 0 heterocycles. The fraction of sp³-hybridized carbons (Fsp3) is 0.538. The Bertz CT molecular complexity index is 320. The van der Waals surface area contributed by atoms with Gasteiger partial charge in [0.1, 0.15) is 0 Å². The molecule has 15 heavy (non-hydrogen) atoms. The minimum absolute atomic E-state index is 0.111. The van der Waals surface area contributed by atoms with Crippen molar-refractivity contribution < 1.29 is 5.11 Å². The number of hydrogen-bond acceptors (Lipinski definition) is 2. The van der Waals surface area contributed by atoms with E-state index in [1.165, 1.54) is 5.56 Å². The van der Waals surface area contributed by atoms with Gasteiger partial charge >= 0.3 is 0 Å². The molecule has 0 atom stereocenters. The quantitative estimate of drug-likeness (QED) is 0.820. The lowest BCUT2D eigenvalue weighted by molar-refractivity contribution is 0.282. The summed E-state index contributed by atoms with van der Waals surface area (Å²) in [4.78, 5) is 2.30. The fourth-order valence-electron chi connectivity index (χ4n) is 1.93. The molecule has 2 heteroatoms. The zero-order valence-corrected chi connectivity index (χ0v) is 10.1. The first kappa shape index (κ1) is 12.1. The number of anilines is 1. The van der Waals surface area contributed by atoms with Crippen LogP contribution in [-0.2, 0) is 6.61 Å². The molecule has 0 aromatic heterocycles. The van der Waals surface area contributed by atoms with E-state index in [4.69, 9.17) is 0 Å². The second kappa shape index (κ2) is 5.17. The smallest absolute Gasteiger partial charge is 0.0702 e. The lowest BCUT2D eigenvalue weighted by Crippen LogP contribution is -2.31. The first-order valence-electron chi connectivity index (χ1n) is 5.57.